The topological polar surface area (TPSA) is 66.5 Å². The third-order valence-electron chi connectivity index (χ3n) is 4.66. The van der Waals surface area contributed by atoms with Crippen molar-refractivity contribution >= 4 is 33.2 Å². The smallest absolute Gasteiger partial charge is 0.243 e. The number of sulfonamides is 1. The molecule has 0 aliphatic carbocycles. The summed E-state index contributed by atoms with van der Waals surface area (Å²) in [6.45, 7) is 2.45. The SMILES string of the molecule is Cc1c(Cl)cccc1NC(=O)C1CCCN(S(=O)(=O)c2ccccc2)C1. The van der Waals surface area contributed by atoms with E-state index in [-0.39, 0.29) is 23.3 Å². The predicted molar refractivity (Wildman–Crippen MR) is 103 cm³/mol. The molecule has 0 spiro atoms. The van der Waals surface area contributed by atoms with E-state index in [9.17, 15) is 13.2 Å². The van der Waals surface area contributed by atoms with Gasteiger partial charge in [-0.2, -0.15) is 4.31 Å². The molecule has 1 aliphatic rings. The molecule has 26 heavy (non-hydrogen) atoms. The lowest BCUT2D eigenvalue weighted by molar-refractivity contribution is -0.120. The summed E-state index contributed by atoms with van der Waals surface area (Å²) < 4.78 is 27.0. The largest absolute Gasteiger partial charge is 0.326 e. The number of halogens is 1. The fourth-order valence-electron chi connectivity index (χ4n) is 3.09. The molecule has 1 fully saturated rings. The van der Waals surface area contributed by atoms with Gasteiger partial charge in [-0.3, -0.25) is 4.79 Å². The molecular formula is C19H21ClN2O3S. The molecule has 2 aromatic carbocycles. The molecule has 1 saturated heterocycles. The van der Waals surface area contributed by atoms with Crippen LogP contribution in [0.25, 0.3) is 0 Å². The monoisotopic (exact) mass is 392 g/mol. The maximum absolute atomic E-state index is 12.8. The first-order chi connectivity index (χ1) is 12.4. The Bertz CT molecular complexity index is 900. The Hall–Kier alpha value is -1.89. The van der Waals surface area contributed by atoms with E-state index in [0.717, 1.165) is 5.56 Å². The number of nitrogens with one attached hydrogen (secondary N) is 1. The maximum Gasteiger partial charge on any atom is 0.243 e. The average molecular weight is 393 g/mol. The highest BCUT2D eigenvalue weighted by Gasteiger charge is 2.33. The van der Waals surface area contributed by atoms with E-state index in [4.69, 9.17) is 11.6 Å². The van der Waals surface area contributed by atoms with Crippen molar-refractivity contribution in [1.82, 2.24) is 4.31 Å². The van der Waals surface area contributed by atoms with E-state index in [0.29, 0.717) is 30.1 Å². The van der Waals surface area contributed by atoms with Gasteiger partial charge in [0.2, 0.25) is 15.9 Å². The zero-order valence-corrected chi connectivity index (χ0v) is 16.1. The minimum atomic E-state index is -3.58. The van der Waals surface area contributed by atoms with Gasteiger partial charge in [0.1, 0.15) is 0 Å². The van der Waals surface area contributed by atoms with Crippen LogP contribution in [-0.4, -0.2) is 31.7 Å². The molecule has 2 aromatic rings. The van der Waals surface area contributed by atoms with Gasteiger partial charge >= 0.3 is 0 Å². The van der Waals surface area contributed by atoms with Gasteiger partial charge in [0.05, 0.1) is 10.8 Å². The summed E-state index contributed by atoms with van der Waals surface area (Å²) in [5.74, 6) is -0.566. The van der Waals surface area contributed by atoms with Gasteiger partial charge in [-0.25, -0.2) is 8.42 Å². The lowest BCUT2D eigenvalue weighted by Gasteiger charge is -2.31. The van der Waals surface area contributed by atoms with E-state index in [1.807, 2.05) is 6.92 Å². The second kappa shape index (κ2) is 7.78. The second-order valence-corrected chi connectivity index (χ2v) is 8.76. The van der Waals surface area contributed by atoms with Crippen LogP contribution in [0.4, 0.5) is 5.69 Å². The number of anilines is 1. The van der Waals surface area contributed by atoms with E-state index in [1.54, 1.807) is 48.5 Å². The number of hydrogen-bond donors (Lipinski definition) is 1. The van der Waals surface area contributed by atoms with Crippen LogP contribution < -0.4 is 5.32 Å². The van der Waals surface area contributed by atoms with Crippen LogP contribution in [-0.2, 0) is 14.8 Å². The van der Waals surface area contributed by atoms with Gasteiger partial charge < -0.3 is 5.32 Å². The van der Waals surface area contributed by atoms with Crippen molar-refractivity contribution in [3.05, 3.63) is 59.1 Å². The van der Waals surface area contributed by atoms with Crippen molar-refractivity contribution in [2.45, 2.75) is 24.7 Å². The van der Waals surface area contributed by atoms with E-state index < -0.39 is 10.0 Å². The molecule has 138 valence electrons. The van der Waals surface area contributed by atoms with Crippen molar-refractivity contribution in [3.63, 3.8) is 0 Å². The van der Waals surface area contributed by atoms with Crippen molar-refractivity contribution < 1.29 is 13.2 Å². The summed E-state index contributed by atoms with van der Waals surface area (Å²) in [4.78, 5) is 12.9. The number of nitrogens with zero attached hydrogens (tertiary/aromatic N) is 1. The molecule has 1 amide bonds. The van der Waals surface area contributed by atoms with Crippen LogP contribution in [0.3, 0.4) is 0 Å². The zero-order valence-electron chi connectivity index (χ0n) is 14.5. The summed E-state index contributed by atoms with van der Waals surface area (Å²) in [5, 5.41) is 3.47. The van der Waals surface area contributed by atoms with Crippen LogP contribution in [0, 0.1) is 12.8 Å². The van der Waals surface area contributed by atoms with Crippen molar-refractivity contribution in [1.29, 1.82) is 0 Å². The average Bonchev–Trinajstić information content (AvgIpc) is 2.66. The molecule has 0 aromatic heterocycles. The Morgan fingerprint density at radius 3 is 2.62 bits per heavy atom. The van der Waals surface area contributed by atoms with Gasteiger partial charge in [-0.05, 0) is 49.6 Å². The molecule has 0 saturated carbocycles. The van der Waals surface area contributed by atoms with E-state index in [1.165, 1.54) is 4.31 Å². The summed E-state index contributed by atoms with van der Waals surface area (Å²) in [5.41, 5.74) is 1.46. The number of benzene rings is 2. The third-order valence-corrected chi connectivity index (χ3v) is 6.95. The fraction of sp³-hybridized carbons (Fsp3) is 0.316. The van der Waals surface area contributed by atoms with Crippen molar-refractivity contribution in [3.8, 4) is 0 Å². The molecule has 0 radical (unpaired) electrons. The normalized spacial score (nSPS) is 18.5. The van der Waals surface area contributed by atoms with Crippen LogP contribution in [0.2, 0.25) is 5.02 Å². The number of rotatable bonds is 4. The molecule has 5 nitrogen and oxygen atoms in total. The molecule has 3 rings (SSSR count). The molecule has 1 unspecified atom stereocenters. The van der Waals surface area contributed by atoms with Gasteiger partial charge in [0, 0.05) is 23.8 Å². The fourth-order valence-corrected chi connectivity index (χ4v) is 4.81. The van der Waals surface area contributed by atoms with Crippen LogP contribution in [0.5, 0.6) is 0 Å². The molecule has 1 atom stereocenters. The Labute approximate surface area is 159 Å². The zero-order chi connectivity index (χ0) is 18.7. The molecule has 1 N–H and O–H groups in total. The minimum absolute atomic E-state index is 0.177. The minimum Gasteiger partial charge on any atom is -0.326 e. The van der Waals surface area contributed by atoms with Crippen molar-refractivity contribution in [2.24, 2.45) is 5.92 Å². The highest BCUT2D eigenvalue weighted by Crippen LogP contribution is 2.27. The Kier molecular flexibility index (Phi) is 5.65. The summed E-state index contributed by atoms with van der Waals surface area (Å²) in [6.07, 6.45) is 1.31. The van der Waals surface area contributed by atoms with Crippen molar-refractivity contribution in [2.75, 3.05) is 18.4 Å². The Morgan fingerprint density at radius 1 is 1.15 bits per heavy atom. The predicted octanol–water partition coefficient (Wildman–Crippen LogP) is 3.69. The molecule has 1 heterocycles. The van der Waals surface area contributed by atoms with Gasteiger partial charge in [-0.1, -0.05) is 35.9 Å². The molecular weight excluding hydrogens is 372 g/mol. The number of carbonyl (C=O) groups is 1. The van der Waals surface area contributed by atoms with Crippen LogP contribution in [0.1, 0.15) is 18.4 Å². The van der Waals surface area contributed by atoms with Gasteiger partial charge in [0.25, 0.3) is 0 Å². The number of amides is 1. The summed E-state index contributed by atoms with van der Waals surface area (Å²) in [7, 11) is -3.58. The van der Waals surface area contributed by atoms with E-state index in [2.05, 4.69) is 5.32 Å². The quantitative estimate of drug-likeness (QED) is 0.862. The maximum atomic E-state index is 12.8. The number of piperidine rings is 1. The van der Waals surface area contributed by atoms with Gasteiger partial charge in [-0.15, -0.1) is 0 Å². The summed E-state index contributed by atoms with van der Waals surface area (Å²) >= 11 is 6.10. The molecule has 7 heteroatoms. The number of carbonyl (C=O) groups excluding carboxylic acids is 1. The van der Waals surface area contributed by atoms with E-state index >= 15 is 0 Å². The Balaban J connectivity index is 1.74. The first-order valence-corrected chi connectivity index (χ1v) is 10.3. The first-order valence-electron chi connectivity index (χ1n) is 8.51. The summed E-state index contributed by atoms with van der Waals surface area (Å²) in [6, 6.07) is 13.7. The first kappa shape index (κ1) is 18.9. The highest BCUT2D eigenvalue weighted by atomic mass is 35.5. The standard InChI is InChI=1S/C19H21ClN2O3S/c1-14-17(20)10-5-11-18(14)21-19(23)15-7-6-12-22(13-15)26(24,25)16-8-3-2-4-9-16/h2-5,8-11,15H,6-7,12-13H2,1H3,(H,21,23). The Morgan fingerprint density at radius 2 is 1.88 bits per heavy atom. The highest BCUT2D eigenvalue weighted by molar-refractivity contribution is 7.89. The lowest BCUT2D eigenvalue weighted by atomic mass is 9.98. The van der Waals surface area contributed by atoms with Crippen LogP contribution in [0.15, 0.2) is 53.4 Å². The van der Waals surface area contributed by atoms with Gasteiger partial charge in [0.15, 0.2) is 0 Å². The molecule has 0 bridgehead atoms. The lowest BCUT2D eigenvalue weighted by Crippen LogP contribution is -2.43. The third kappa shape index (κ3) is 3.92. The molecule has 1 aliphatic heterocycles. The number of hydrogen-bond acceptors (Lipinski definition) is 3. The second-order valence-electron chi connectivity index (χ2n) is 6.42. The van der Waals surface area contributed by atoms with Crippen LogP contribution >= 0.6 is 11.6 Å².